The molecule has 0 unspecified atom stereocenters. The zero-order valence-electron chi connectivity index (χ0n) is 20.9. The fourth-order valence-electron chi connectivity index (χ4n) is 6.27. The number of fused-ring (bicyclic) bond motifs is 2. The predicted octanol–water partition coefficient (Wildman–Crippen LogP) is 0.631. The standard InChI is InChI=1S/C30H24N4O4.ClH/c31-11-1-13-33-27(35)19-7-3-15-17-5-9-21-26-22(30(38)34(29(21)37)14-2-12-32)10-6-18(24(17)26)16-4-8-20(28(33)36)25(19)23(15)16;/h3-10H,1-2,11-14,31-32H2;1H/p-1. The van der Waals surface area contributed by atoms with Crippen LogP contribution in [0.15, 0.2) is 48.5 Å². The monoisotopic (exact) mass is 539 g/mol. The lowest BCUT2D eigenvalue weighted by Crippen LogP contribution is -3.00. The van der Waals surface area contributed by atoms with Gasteiger partial charge >= 0.3 is 0 Å². The molecular formula is C30H24ClN4O4-. The maximum absolute atomic E-state index is 13.4. The number of nitrogens with zero attached hydrogens (tertiary/aromatic N) is 2. The Balaban J connectivity index is 0.00000277. The minimum atomic E-state index is -0.315. The third-order valence-electron chi connectivity index (χ3n) is 7.98. The minimum Gasteiger partial charge on any atom is -1.00 e. The van der Waals surface area contributed by atoms with Crippen molar-refractivity contribution in [3.63, 3.8) is 0 Å². The van der Waals surface area contributed by atoms with Crippen molar-refractivity contribution in [2.45, 2.75) is 12.8 Å². The van der Waals surface area contributed by atoms with Gasteiger partial charge in [0, 0.05) is 46.1 Å². The number of hydrogen-bond acceptors (Lipinski definition) is 6. The molecule has 8 nitrogen and oxygen atoms in total. The molecule has 0 aromatic heterocycles. The van der Waals surface area contributed by atoms with Gasteiger partial charge in [0.15, 0.2) is 0 Å². The third-order valence-corrected chi connectivity index (χ3v) is 7.98. The molecule has 2 heterocycles. The van der Waals surface area contributed by atoms with E-state index >= 15 is 0 Å². The highest BCUT2D eigenvalue weighted by atomic mass is 35.5. The SMILES string of the molecule is NCCCN1C(=O)c2ccc3c4ccc5c6c(ccc(c7ccc(c2c37)C1=O)c64)C(=O)N(CCCN)C5=O.[Cl-]. The topological polar surface area (TPSA) is 127 Å². The second kappa shape index (κ2) is 8.98. The lowest BCUT2D eigenvalue weighted by Gasteiger charge is -2.30. The molecule has 5 aromatic rings. The number of hydrogen-bond donors (Lipinski definition) is 2. The molecule has 0 saturated heterocycles. The van der Waals surface area contributed by atoms with Crippen LogP contribution in [0.25, 0.3) is 43.1 Å². The molecule has 0 aliphatic carbocycles. The molecule has 0 radical (unpaired) electrons. The lowest BCUT2D eigenvalue weighted by molar-refractivity contribution is -0.0000561. The average molecular weight is 540 g/mol. The summed E-state index contributed by atoms with van der Waals surface area (Å²) in [6.45, 7) is 1.32. The van der Waals surface area contributed by atoms with Gasteiger partial charge in [-0.2, -0.15) is 0 Å². The number of carbonyl (C=O) groups is 4. The fourth-order valence-corrected chi connectivity index (χ4v) is 6.27. The van der Waals surface area contributed by atoms with Crippen LogP contribution in [0.1, 0.15) is 54.3 Å². The van der Waals surface area contributed by atoms with Crippen LogP contribution < -0.4 is 23.9 Å². The van der Waals surface area contributed by atoms with E-state index in [1.165, 1.54) is 9.80 Å². The van der Waals surface area contributed by atoms with Crippen molar-refractivity contribution in [3.05, 3.63) is 70.8 Å². The predicted molar refractivity (Wildman–Crippen MR) is 146 cm³/mol. The van der Waals surface area contributed by atoms with Gasteiger partial charge in [-0.3, -0.25) is 29.0 Å². The maximum atomic E-state index is 13.4. The Morgan fingerprint density at radius 1 is 0.462 bits per heavy atom. The lowest BCUT2D eigenvalue weighted by atomic mass is 9.82. The van der Waals surface area contributed by atoms with Crippen molar-refractivity contribution < 1.29 is 31.6 Å². The molecular weight excluding hydrogens is 516 g/mol. The van der Waals surface area contributed by atoms with Crippen molar-refractivity contribution in [2.24, 2.45) is 11.5 Å². The zero-order valence-corrected chi connectivity index (χ0v) is 21.7. The summed E-state index contributed by atoms with van der Waals surface area (Å²) in [4.78, 5) is 56.1. The van der Waals surface area contributed by atoms with Gasteiger partial charge in [-0.05, 0) is 82.5 Å². The Bertz CT molecular complexity index is 1640. The number of amides is 4. The summed E-state index contributed by atoms with van der Waals surface area (Å²) in [5.74, 6) is -1.26. The van der Waals surface area contributed by atoms with Gasteiger partial charge in [0.1, 0.15) is 0 Å². The minimum absolute atomic E-state index is 0. The Kier molecular flexibility index (Phi) is 5.80. The largest absolute Gasteiger partial charge is 1.00 e. The van der Waals surface area contributed by atoms with Gasteiger partial charge in [0.25, 0.3) is 23.6 Å². The van der Waals surface area contributed by atoms with Crippen molar-refractivity contribution in [3.8, 4) is 0 Å². The molecule has 4 N–H and O–H groups in total. The molecule has 196 valence electrons. The van der Waals surface area contributed by atoms with Crippen LogP contribution >= 0.6 is 0 Å². The Hall–Kier alpha value is -4.11. The number of halogens is 1. The van der Waals surface area contributed by atoms with Gasteiger partial charge < -0.3 is 23.9 Å². The van der Waals surface area contributed by atoms with Crippen molar-refractivity contribution in [1.29, 1.82) is 0 Å². The van der Waals surface area contributed by atoms with Crippen LogP contribution in [-0.2, 0) is 0 Å². The number of nitrogens with two attached hydrogens (primary N) is 2. The molecule has 0 fully saturated rings. The molecule has 5 aromatic carbocycles. The maximum Gasteiger partial charge on any atom is 0.261 e. The van der Waals surface area contributed by atoms with E-state index < -0.39 is 0 Å². The summed E-state index contributed by atoms with van der Waals surface area (Å²) in [6.07, 6.45) is 1.07. The number of carbonyl (C=O) groups excluding carboxylic acids is 4. The number of benzene rings is 5. The second-order valence-corrected chi connectivity index (χ2v) is 9.95. The molecule has 0 bridgehead atoms. The van der Waals surface area contributed by atoms with Crippen LogP contribution in [0.4, 0.5) is 0 Å². The molecule has 9 heteroatoms. The Labute approximate surface area is 229 Å². The van der Waals surface area contributed by atoms with Gasteiger partial charge in [0.05, 0.1) is 0 Å². The van der Waals surface area contributed by atoms with Crippen LogP contribution in [0.3, 0.4) is 0 Å². The van der Waals surface area contributed by atoms with E-state index in [-0.39, 0.29) is 49.1 Å². The van der Waals surface area contributed by atoms with Gasteiger partial charge in [0.2, 0.25) is 0 Å². The average Bonchev–Trinajstić information content (AvgIpc) is 2.93. The van der Waals surface area contributed by atoms with E-state index in [0.29, 0.717) is 59.0 Å². The van der Waals surface area contributed by atoms with E-state index in [4.69, 9.17) is 11.5 Å². The highest BCUT2D eigenvalue weighted by molar-refractivity contribution is 6.41. The molecule has 0 spiro atoms. The summed E-state index contributed by atoms with van der Waals surface area (Å²) < 4.78 is 0. The van der Waals surface area contributed by atoms with Crippen molar-refractivity contribution in [2.75, 3.05) is 26.2 Å². The van der Waals surface area contributed by atoms with Crippen LogP contribution in [0.2, 0.25) is 0 Å². The summed E-state index contributed by atoms with van der Waals surface area (Å²) >= 11 is 0. The van der Waals surface area contributed by atoms with Crippen LogP contribution in [0, 0.1) is 0 Å². The second-order valence-electron chi connectivity index (χ2n) is 9.95. The summed E-state index contributed by atoms with van der Waals surface area (Å²) in [5.41, 5.74) is 13.2. The molecule has 4 amide bonds. The normalized spacial score (nSPS) is 14.9. The first-order valence-electron chi connectivity index (χ1n) is 12.8. The summed E-state index contributed by atoms with van der Waals surface area (Å²) in [5, 5.41) is 6.48. The van der Waals surface area contributed by atoms with Gasteiger partial charge in [-0.15, -0.1) is 0 Å². The zero-order chi connectivity index (χ0) is 26.3. The molecule has 0 atom stereocenters. The smallest absolute Gasteiger partial charge is 0.261 e. The summed E-state index contributed by atoms with van der Waals surface area (Å²) in [7, 11) is 0. The molecule has 39 heavy (non-hydrogen) atoms. The Morgan fingerprint density at radius 2 is 0.744 bits per heavy atom. The first-order chi connectivity index (χ1) is 18.5. The van der Waals surface area contributed by atoms with Gasteiger partial charge in [-0.25, -0.2) is 0 Å². The Morgan fingerprint density at radius 3 is 1.00 bits per heavy atom. The number of rotatable bonds is 6. The third kappa shape index (κ3) is 3.19. The number of imide groups is 2. The molecule has 2 aliphatic rings. The quantitative estimate of drug-likeness (QED) is 0.185. The van der Waals surface area contributed by atoms with E-state index in [1.807, 2.05) is 24.3 Å². The molecule has 7 rings (SSSR count). The van der Waals surface area contributed by atoms with E-state index in [9.17, 15) is 19.2 Å². The molecule has 0 saturated carbocycles. The fraction of sp³-hybridized carbons (Fsp3) is 0.200. The first-order valence-corrected chi connectivity index (χ1v) is 12.8. The van der Waals surface area contributed by atoms with Crippen molar-refractivity contribution >= 4 is 66.7 Å². The van der Waals surface area contributed by atoms with Gasteiger partial charge in [-0.1, -0.05) is 24.3 Å². The highest BCUT2D eigenvalue weighted by Gasteiger charge is 2.36. The van der Waals surface area contributed by atoms with E-state index in [2.05, 4.69) is 0 Å². The highest BCUT2D eigenvalue weighted by Crippen LogP contribution is 2.46. The van der Waals surface area contributed by atoms with Crippen LogP contribution in [0.5, 0.6) is 0 Å². The van der Waals surface area contributed by atoms with E-state index in [1.54, 1.807) is 24.3 Å². The summed E-state index contributed by atoms with van der Waals surface area (Å²) in [6, 6.07) is 14.8. The van der Waals surface area contributed by atoms with E-state index in [0.717, 1.165) is 32.3 Å². The van der Waals surface area contributed by atoms with Crippen LogP contribution in [-0.4, -0.2) is 59.6 Å². The van der Waals surface area contributed by atoms with Crippen molar-refractivity contribution in [1.82, 2.24) is 9.80 Å². The molecule has 2 aliphatic heterocycles. The first kappa shape index (κ1) is 25.2.